The largest absolute Gasteiger partial charge is 0.335 e. The van der Waals surface area contributed by atoms with E-state index in [2.05, 4.69) is 57.1 Å². The molecule has 0 saturated heterocycles. The number of nitrogens with zero attached hydrogens (tertiary/aromatic N) is 1. The van der Waals surface area contributed by atoms with Crippen LogP contribution in [0.25, 0.3) is 22.0 Å². The van der Waals surface area contributed by atoms with Crippen LogP contribution in [-0.2, 0) is 11.3 Å². The number of carbonyl (C=O) groups excluding carboxylic acids is 1. The van der Waals surface area contributed by atoms with Gasteiger partial charge in [-0.1, -0.05) is 29.8 Å². The highest BCUT2D eigenvalue weighted by Gasteiger charge is 2.19. The quantitative estimate of drug-likeness (QED) is 0.259. The fraction of sp³-hybridized carbons (Fsp3) is 0.211. The zero-order valence-electron chi connectivity index (χ0n) is 13.3. The Morgan fingerprint density at radius 3 is 2.62 bits per heavy atom. The number of aromatic nitrogens is 1. The number of fused-ring (bicyclic) bond motifs is 1. The first kappa shape index (κ1) is 17.6. The van der Waals surface area contributed by atoms with Gasteiger partial charge in [-0.3, -0.25) is 0 Å². The van der Waals surface area contributed by atoms with Gasteiger partial charge in [0.05, 0.1) is 10.1 Å². The van der Waals surface area contributed by atoms with Crippen molar-refractivity contribution in [2.75, 3.05) is 6.26 Å². The Balaban J connectivity index is 2.24. The van der Waals surface area contributed by atoms with Crippen LogP contribution in [0.2, 0.25) is 5.02 Å². The van der Waals surface area contributed by atoms with Crippen molar-refractivity contribution < 1.29 is 4.79 Å². The molecule has 3 rings (SSSR count). The second kappa shape index (κ2) is 7.77. The highest BCUT2D eigenvalue weighted by atomic mass is 79.9. The highest BCUT2D eigenvalue weighted by molar-refractivity contribution is 9.10. The lowest BCUT2D eigenvalue weighted by Crippen LogP contribution is -1.98. The maximum atomic E-state index is 10.7. The third-order valence-corrected chi connectivity index (χ3v) is 5.90. The third-order valence-electron chi connectivity index (χ3n) is 4.04. The first-order valence-corrected chi connectivity index (χ1v) is 10.1. The van der Waals surface area contributed by atoms with E-state index < -0.39 is 0 Å². The molecule has 2 nitrogen and oxygen atoms in total. The maximum absolute atomic E-state index is 10.7. The molecule has 0 bridgehead atoms. The van der Waals surface area contributed by atoms with E-state index in [1.165, 1.54) is 21.4 Å². The van der Waals surface area contributed by atoms with Crippen molar-refractivity contribution in [3.05, 3.63) is 52.1 Å². The Morgan fingerprint density at radius 2 is 1.96 bits per heavy atom. The first-order valence-electron chi connectivity index (χ1n) is 7.71. The van der Waals surface area contributed by atoms with Crippen LogP contribution in [0.4, 0.5) is 0 Å². The first-order chi connectivity index (χ1) is 11.7. The van der Waals surface area contributed by atoms with Gasteiger partial charge < -0.3 is 9.36 Å². The summed E-state index contributed by atoms with van der Waals surface area (Å²) in [6, 6.07) is 14.3. The van der Waals surface area contributed by atoms with Gasteiger partial charge in [0.2, 0.25) is 0 Å². The molecule has 124 valence electrons. The SMILES string of the molecule is CSc1cccc2c1c(-c1ccc(Cl)cc1)c(Br)n2CCCC=O. The zero-order valence-corrected chi connectivity index (χ0v) is 16.4. The Hall–Kier alpha value is -1.23. The normalized spacial score (nSPS) is 11.1. The molecule has 0 saturated carbocycles. The number of benzene rings is 2. The van der Waals surface area contributed by atoms with Crippen LogP contribution in [0, 0.1) is 0 Å². The van der Waals surface area contributed by atoms with Gasteiger partial charge in [-0.25, -0.2) is 0 Å². The average molecular weight is 423 g/mol. The Morgan fingerprint density at radius 1 is 1.21 bits per heavy atom. The number of carbonyl (C=O) groups is 1. The van der Waals surface area contributed by atoms with Gasteiger partial charge in [0, 0.05) is 33.8 Å². The van der Waals surface area contributed by atoms with E-state index in [9.17, 15) is 4.79 Å². The number of aryl methyl sites for hydroxylation is 1. The highest BCUT2D eigenvalue weighted by Crippen LogP contribution is 2.42. The molecule has 0 N–H and O–H groups in total. The van der Waals surface area contributed by atoms with Crippen LogP contribution in [0.15, 0.2) is 52.0 Å². The summed E-state index contributed by atoms with van der Waals surface area (Å²) in [4.78, 5) is 11.9. The Bertz CT molecular complexity index is 873. The van der Waals surface area contributed by atoms with Crippen molar-refractivity contribution >= 4 is 56.5 Å². The minimum absolute atomic E-state index is 0.574. The molecule has 1 heterocycles. The molecule has 0 aliphatic heterocycles. The molecule has 0 aliphatic carbocycles. The van der Waals surface area contributed by atoms with Crippen LogP contribution in [0.3, 0.4) is 0 Å². The molecule has 0 fully saturated rings. The zero-order chi connectivity index (χ0) is 17.1. The van der Waals surface area contributed by atoms with Gasteiger partial charge in [-0.2, -0.15) is 0 Å². The molecule has 0 atom stereocenters. The molecule has 0 aliphatic rings. The van der Waals surface area contributed by atoms with E-state index in [-0.39, 0.29) is 0 Å². The Labute approximate surface area is 159 Å². The average Bonchev–Trinajstić information content (AvgIpc) is 2.88. The van der Waals surface area contributed by atoms with Gasteiger partial charge in [0.25, 0.3) is 0 Å². The predicted molar refractivity (Wildman–Crippen MR) is 107 cm³/mol. The van der Waals surface area contributed by atoms with E-state index >= 15 is 0 Å². The molecule has 24 heavy (non-hydrogen) atoms. The molecule has 0 spiro atoms. The standard InChI is InChI=1S/C19H17BrClNOS/c1-24-16-6-4-5-15-18(16)17(13-7-9-14(21)10-8-13)19(20)22(15)11-2-3-12-23/h4-10,12H,2-3,11H2,1H3. The van der Waals surface area contributed by atoms with Crippen LogP contribution >= 0.6 is 39.3 Å². The van der Waals surface area contributed by atoms with Gasteiger partial charge >= 0.3 is 0 Å². The van der Waals surface area contributed by atoms with Crippen LogP contribution in [0.5, 0.6) is 0 Å². The summed E-state index contributed by atoms with van der Waals surface area (Å²) in [6.45, 7) is 0.807. The van der Waals surface area contributed by atoms with Crippen LogP contribution in [0.1, 0.15) is 12.8 Å². The number of unbranched alkanes of at least 4 members (excludes halogenated alkanes) is 1. The van der Waals surface area contributed by atoms with Gasteiger partial charge in [-0.05, 0) is 58.4 Å². The lowest BCUT2D eigenvalue weighted by Gasteiger charge is -2.06. The summed E-state index contributed by atoms with van der Waals surface area (Å²) in [7, 11) is 0. The number of hydrogen-bond acceptors (Lipinski definition) is 2. The summed E-state index contributed by atoms with van der Waals surface area (Å²) >= 11 is 11.6. The van der Waals surface area contributed by atoms with Gasteiger partial charge in [0.1, 0.15) is 6.29 Å². The number of rotatable bonds is 6. The molecule has 0 amide bonds. The molecular formula is C19H17BrClNOS. The number of halogens is 2. The molecular weight excluding hydrogens is 406 g/mol. The number of hydrogen-bond donors (Lipinski definition) is 0. The van der Waals surface area contributed by atoms with E-state index in [0.29, 0.717) is 6.42 Å². The predicted octanol–water partition coefficient (Wildman–Crippen LogP) is 6.43. The summed E-state index contributed by atoms with van der Waals surface area (Å²) in [5.74, 6) is 0. The van der Waals surface area contributed by atoms with Gasteiger partial charge in [-0.15, -0.1) is 11.8 Å². The summed E-state index contributed by atoms with van der Waals surface area (Å²) in [5, 5.41) is 1.97. The van der Waals surface area contributed by atoms with E-state index in [4.69, 9.17) is 11.6 Å². The number of aldehydes is 1. The summed E-state index contributed by atoms with van der Waals surface area (Å²) in [6.07, 6.45) is 4.48. The third kappa shape index (κ3) is 3.28. The van der Waals surface area contributed by atoms with Gasteiger partial charge in [0.15, 0.2) is 0 Å². The number of thioether (sulfide) groups is 1. The van der Waals surface area contributed by atoms with Crippen molar-refractivity contribution in [1.29, 1.82) is 0 Å². The molecule has 3 aromatic rings. The monoisotopic (exact) mass is 421 g/mol. The summed E-state index contributed by atoms with van der Waals surface area (Å²) in [5.41, 5.74) is 3.49. The van der Waals surface area contributed by atoms with Crippen molar-refractivity contribution in [3.63, 3.8) is 0 Å². The van der Waals surface area contributed by atoms with Crippen molar-refractivity contribution in [2.45, 2.75) is 24.3 Å². The van der Waals surface area contributed by atoms with Crippen LogP contribution in [-0.4, -0.2) is 17.1 Å². The second-order valence-corrected chi connectivity index (χ2v) is 7.52. The molecule has 2 aromatic carbocycles. The minimum Gasteiger partial charge on any atom is -0.335 e. The molecule has 0 radical (unpaired) electrons. The fourth-order valence-electron chi connectivity index (χ4n) is 2.94. The summed E-state index contributed by atoms with van der Waals surface area (Å²) < 4.78 is 3.30. The van der Waals surface area contributed by atoms with Crippen molar-refractivity contribution in [2.24, 2.45) is 0 Å². The van der Waals surface area contributed by atoms with Crippen molar-refractivity contribution in [3.8, 4) is 11.1 Å². The van der Waals surface area contributed by atoms with E-state index in [1.54, 1.807) is 11.8 Å². The van der Waals surface area contributed by atoms with Crippen LogP contribution < -0.4 is 0 Å². The van der Waals surface area contributed by atoms with E-state index in [1.807, 2.05) is 12.1 Å². The minimum atomic E-state index is 0.574. The molecule has 5 heteroatoms. The van der Waals surface area contributed by atoms with Crippen molar-refractivity contribution in [1.82, 2.24) is 4.57 Å². The van der Waals surface area contributed by atoms with E-state index in [0.717, 1.165) is 34.4 Å². The molecule has 1 aromatic heterocycles. The fourth-order valence-corrected chi connectivity index (χ4v) is 4.49. The maximum Gasteiger partial charge on any atom is 0.120 e. The lowest BCUT2D eigenvalue weighted by atomic mass is 10.1. The molecule has 0 unspecified atom stereocenters. The smallest absolute Gasteiger partial charge is 0.120 e. The topological polar surface area (TPSA) is 22.0 Å². The second-order valence-electron chi connectivity index (χ2n) is 5.49. The lowest BCUT2D eigenvalue weighted by molar-refractivity contribution is -0.107. The Kier molecular flexibility index (Phi) is 5.69.